The molecule has 31 heavy (non-hydrogen) atoms. The van der Waals surface area contributed by atoms with Crippen LogP contribution in [0.15, 0.2) is 72.1 Å². The normalized spacial score (nSPS) is 17.7. The number of ether oxygens (including phenoxy) is 2. The molecule has 1 saturated heterocycles. The first-order valence-electron chi connectivity index (χ1n) is 11.1. The van der Waals surface area contributed by atoms with Crippen LogP contribution in [0.2, 0.25) is 0 Å². The van der Waals surface area contributed by atoms with Gasteiger partial charge in [-0.25, -0.2) is 0 Å². The molecule has 2 heterocycles. The van der Waals surface area contributed by atoms with Gasteiger partial charge in [-0.15, -0.1) is 11.3 Å². The molecule has 4 nitrogen and oxygen atoms in total. The van der Waals surface area contributed by atoms with Crippen molar-refractivity contribution in [1.82, 2.24) is 4.90 Å². The van der Waals surface area contributed by atoms with Crippen molar-refractivity contribution >= 4 is 11.3 Å². The maximum atomic E-state index is 12.1. The predicted octanol–water partition coefficient (Wildman–Crippen LogP) is 4.89. The van der Waals surface area contributed by atoms with Gasteiger partial charge in [0.25, 0.3) is 0 Å². The van der Waals surface area contributed by atoms with Gasteiger partial charge >= 0.3 is 0 Å². The van der Waals surface area contributed by atoms with Crippen molar-refractivity contribution in [2.75, 3.05) is 39.5 Å². The van der Waals surface area contributed by atoms with E-state index in [9.17, 15) is 5.11 Å². The van der Waals surface area contributed by atoms with Gasteiger partial charge in [-0.2, -0.15) is 0 Å². The first-order chi connectivity index (χ1) is 15.2. The van der Waals surface area contributed by atoms with E-state index in [1.54, 1.807) is 11.3 Å². The molecule has 3 aromatic rings. The molecule has 2 unspecified atom stereocenters. The third-order valence-electron chi connectivity index (χ3n) is 6.09. The minimum Gasteiger partial charge on any atom is -0.492 e. The van der Waals surface area contributed by atoms with Crippen LogP contribution in [0.5, 0.6) is 5.75 Å². The van der Waals surface area contributed by atoms with Gasteiger partial charge in [-0.05, 0) is 41.1 Å². The van der Waals surface area contributed by atoms with Crippen molar-refractivity contribution < 1.29 is 14.6 Å². The number of morpholine rings is 1. The lowest BCUT2D eigenvalue weighted by Crippen LogP contribution is -2.38. The molecule has 2 aromatic carbocycles. The largest absolute Gasteiger partial charge is 0.492 e. The van der Waals surface area contributed by atoms with Gasteiger partial charge in [0.15, 0.2) is 0 Å². The minimum absolute atomic E-state index is 0.0413. The zero-order valence-electron chi connectivity index (χ0n) is 18.1. The molecular formula is C26H31NO3S. The first kappa shape index (κ1) is 22.0. The zero-order valence-corrected chi connectivity index (χ0v) is 18.9. The molecule has 0 saturated carbocycles. The number of hydrogen-bond donors (Lipinski definition) is 1. The smallest absolute Gasteiger partial charge is 0.130 e. The Balaban J connectivity index is 1.53. The van der Waals surface area contributed by atoms with Crippen molar-refractivity contribution in [3.05, 3.63) is 88.1 Å². The van der Waals surface area contributed by atoms with Gasteiger partial charge < -0.3 is 14.6 Å². The van der Waals surface area contributed by atoms with E-state index in [0.29, 0.717) is 6.61 Å². The molecule has 5 heteroatoms. The Hall–Kier alpha value is -2.18. The van der Waals surface area contributed by atoms with Crippen LogP contribution < -0.4 is 4.74 Å². The number of aliphatic hydroxyl groups is 1. The Bertz CT molecular complexity index is 908. The van der Waals surface area contributed by atoms with Crippen LogP contribution in [-0.4, -0.2) is 49.5 Å². The second-order valence-corrected chi connectivity index (χ2v) is 8.89. The molecule has 1 N–H and O–H groups in total. The van der Waals surface area contributed by atoms with E-state index in [2.05, 4.69) is 24.0 Å². The summed E-state index contributed by atoms with van der Waals surface area (Å²) in [5.74, 6) is 0.790. The van der Waals surface area contributed by atoms with Crippen LogP contribution in [-0.2, 0) is 10.3 Å². The average molecular weight is 438 g/mol. The lowest BCUT2D eigenvalue weighted by molar-refractivity contribution is 0.0322. The summed E-state index contributed by atoms with van der Waals surface area (Å²) in [6, 6.07) is 22.3. The van der Waals surface area contributed by atoms with E-state index in [-0.39, 0.29) is 5.92 Å². The Morgan fingerprint density at radius 1 is 1.03 bits per heavy atom. The van der Waals surface area contributed by atoms with Crippen molar-refractivity contribution in [3.8, 4) is 5.75 Å². The van der Waals surface area contributed by atoms with E-state index in [1.807, 2.05) is 60.0 Å². The molecule has 0 radical (unpaired) electrons. The van der Waals surface area contributed by atoms with E-state index in [0.717, 1.165) is 61.0 Å². The summed E-state index contributed by atoms with van der Waals surface area (Å²) in [5, 5.41) is 14.2. The Morgan fingerprint density at radius 2 is 1.77 bits per heavy atom. The third kappa shape index (κ3) is 5.01. The third-order valence-corrected chi connectivity index (χ3v) is 7.08. The van der Waals surface area contributed by atoms with Crippen molar-refractivity contribution in [3.63, 3.8) is 0 Å². The summed E-state index contributed by atoms with van der Waals surface area (Å²) >= 11 is 1.60. The van der Waals surface area contributed by atoms with E-state index < -0.39 is 5.60 Å². The molecule has 4 rings (SSSR count). The fraction of sp³-hybridized carbons (Fsp3) is 0.385. The maximum Gasteiger partial charge on any atom is 0.130 e. The topological polar surface area (TPSA) is 41.9 Å². The number of hydrogen-bond acceptors (Lipinski definition) is 5. The number of nitrogens with zero attached hydrogens (tertiary/aromatic N) is 1. The van der Waals surface area contributed by atoms with Gasteiger partial charge in [-0.3, -0.25) is 4.90 Å². The van der Waals surface area contributed by atoms with Crippen LogP contribution in [0.4, 0.5) is 0 Å². The summed E-state index contributed by atoms with van der Waals surface area (Å²) < 4.78 is 11.4. The fourth-order valence-electron chi connectivity index (χ4n) is 4.39. The van der Waals surface area contributed by atoms with Gasteiger partial charge in [0.1, 0.15) is 18.0 Å². The average Bonchev–Trinajstić information content (AvgIpc) is 3.37. The molecule has 0 spiro atoms. The molecule has 0 bridgehead atoms. The van der Waals surface area contributed by atoms with Gasteiger partial charge in [0.2, 0.25) is 0 Å². The monoisotopic (exact) mass is 437 g/mol. The molecule has 164 valence electrons. The van der Waals surface area contributed by atoms with Crippen LogP contribution in [0.3, 0.4) is 0 Å². The summed E-state index contributed by atoms with van der Waals surface area (Å²) in [6.45, 7) is 7.22. The highest BCUT2D eigenvalue weighted by molar-refractivity contribution is 7.10. The fourth-order valence-corrected chi connectivity index (χ4v) is 5.29. The first-order valence-corrected chi connectivity index (χ1v) is 11.9. The van der Waals surface area contributed by atoms with Crippen molar-refractivity contribution in [2.45, 2.75) is 24.9 Å². The van der Waals surface area contributed by atoms with Crippen LogP contribution in [0.1, 0.15) is 35.3 Å². The van der Waals surface area contributed by atoms with Crippen LogP contribution >= 0.6 is 11.3 Å². The maximum absolute atomic E-state index is 12.1. The van der Waals surface area contributed by atoms with Crippen LogP contribution in [0.25, 0.3) is 0 Å². The molecule has 2 atom stereocenters. The molecular weight excluding hydrogens is 406 g/mol. The molecule has 0 aliphatic carbocycles. The standard InChI is InChI=1S/C26H31NO3S/c1-2-24(21-7-4-3-5-8-21)26(28,25-9-6-20-31-25)22-10-12-23(13-11-22)30-19-16-27-14-17-29-18-15-27/h3-13,20,24,28H,2,14-19H2,1H3. The summed E-state index contributed by atoms with van der Waals surface area (Å²) in [5.41, 5.74) is 0.953. The second-order valence-electron chi connectivity index (χ2n) is 7.94. The highest BCUT2D eigenvalue weighted by Crippen LogP contribution is 2.46. The van der Waals surface area contributed by atoms with Gasteiger partial charge in [0.05, 0.1) is 13.2 Å². The van der Waals surface area contributed by atoms with Gasteiger partial charge in [0, 0.05) is 30.4 Å². The SMILES string of the molecule is CCC(c1ccccc1)C(O)(c1ccc(OCCN2CCOCC2)cc1)c1cccs1. The number of benzene rings is 2. The van der Waals surface area contributed by atoms with E-state index >= 15 is 0 Å². The number of thiophene rings is 1. The number of rotatable bonds is 9. The molecule has 1 fully saturated rings. The van der Waals surface area contributed by atoms with Crippen molar-refractivity contribution in [2.24, 2.45) is 0 Å². The summed E-state index contributed by atoms with van der Waals surface area (Å²) in [4.78, 5) is 3.32. The Kier molecular flexibility index (Phi) is 7.41. The highest BCUT2D eigenvalue weighted by Gasteiger charge is 2.41. The van der Waals surface area contributed by atoms with E-state index in [4.69, 9.17) is 9.47 Å². The van der Waals surface area contributed by atoms with Crippen LogP contribution in [0, 0.1) is 0 Å². The Labute approximate surface area is 189 Å². The highest BCUT2D eigenvalue weighted by atomic mass is 32.1. The minimum atomic E-state index is -1.09. The van der Waals surface area contributed by atoms with Gasteiger partial charge in [-0.1, -0.05) is 55.5 Å². The summed E-state index contributed by atoms with van der Waals surface area (Å²) in [7, 11) is 0. The lowest BCUT2D eigenvalue weighted by Gasteiger charge is -2.36. The summed E-state index contributed by atoms with van der Waals surface area (Å²) in [6.07, 6.45) is 0.830. The predicted molar refractivity (Wildman–Crippen MR) is 126 cm³/mol. The quantitative estimate of drug-likeness (QED) is 0.518. The Morgan fingerprint density at radius 3 is 2.42 bits per heavy atom. The molecule has 1 aliphatic rings. The van der Waals surface area contributed by atoms with E-state index in [1.165, 1.54) is 0 Å². The van der Waals surface area contributed by atoms with Crippen molar-refractivity contribution in [1.29, 1.82) is 0 Å². The molecule has 1 aliphatic heterocycles. The lowest BCUT2D eigenvalue weighted by atomic mass is 9.75. The molecule has 0 amide bonds. The molecule has 1 aromatic heterocycles. The zero-order chi connectivity index (χ0) is 21.5. The second kappa shape index (κ2) is 10.4.